The fraction of sp³-hybridized carbons (Fsp3) is 0.818. The van der Waals surface area contributed by atoms with Crippen molar-refractivity contribution in [3.63, 3.8) is 0 Å². The van der Waals surface area contributed by atoms with Crippen LogP contribution in [-0.4, -0.2) is 18.0 Å². The Kier molecular flexibility index (Phi) is 5.87. The molecule has 0 saturated heterocycles. The van der Waals surface area contributed by atoms with E-state index in [1.807, 2.05) is 0 Å². The van der Waals surface area contributed by atoms with Crippen molar-refractivity contribution < 1.29 is 0 Å². The summed E-state index contributed by atoms with van der Waals surface area (Å²) in [4.78, 5) is 2.31. The summed E-state index contributed by atoms with van der Waals surface area (Å²) in [7, 11) is 2.15. The first-order valence-electron chi connectivity index (χ1n) is 5.01. The Hall–Kier alpha value is -0.460. The molecule has 0 heterocycles. The van der Waals surface area contributed by atoms with E-state index >= 15 is 0 Å². The standard InChI is InChI=1S/C11H23N/c1-6-8-11(9-7-2)12(5)10(3)4/h11H,3,6-9H2,1-2,4-5H3. The van der Waals surface area contributed by atoms with E-state index in [2.05, 4.69) is 39.3 Å². The largest absolute Gasteiger partial charge is 0.376 e. The second kappa shape index (κ2) is 6.10. The van der Waals surface area contributed by atoms with E-state index in [4.69, 9.17) is 0 Å². The van der Waals surface area contributed by atoms with Crippen LogP contribution in [0, 0.1) is 0 Å². The van der Waals surface area contributed by atoms with E-state index in [-0.39, 0.29) is 0 Å². The Balaban J connectivity index is 3.98. The third kappa shape index (κ3) is 3.80. The topological polar surface area (TPSA) is 3.24 Å². The summed E-state index contributed by atoms with van der Waals surface area (Å²) in [5.74, 6) is 0. The quantitative estimate of drug-likeness (QED) is 0.589. The van der Waals surface area contributed by atoms with E-state index in [0.29, 0.717) is 6.04 Å². The van der Waals surface area contributed by atoms with Crippen molar-refractivity contribution in [3.05, 3.63) is 12.3 Å². The molecule has 0 bridgehead atoms. The van der Waals surface area contributed by atoms with Gasteiger partial charge in [-0.2, -0.15) is 0 Å². The van der Waals surface area contributed by atoms with Gasteiger partial charge in [0.15, 0.2) is 0 Å². The van der Waals surface area contributed by atoms with Crippen LogP contribution in [0.25, 0.3) is 0 Å². The fourth-order valence-corrected chi connectivity index (χ4v) is 1.51. The van der Waals surface area contributed by atoms with Crippen LogP contribution in [0.3, 0.4) is 0 Å². The maximum atomic E-state index is 3.97. The third-order valence-electron chi connectivity index (χ3n) is 2.39. The van der Waals surface area contributed by atoms with Gasteiger partial charge in [-0.15, -0.1) is 0 Å². The molecule has 1 heteroatoms. The summed E-state index contributed by atoms with van der Waals surface area (Å²) in [6.45, 7) is 10.5. The van der Waals surface area contributed by atoms with Crippen molar-refractivity contribution in [2.24, 2.45) is 0 Å². The van der Waals surface area contributed by atoms with Gasteiger partial charge in [-0.25, -0.2) is 0 Å². The van der Waals surface area contributed by atoms with Gasteiger partial charge in [0.25, 0.3) is 0 Å². The molecule has 0 aromatic carbocycles. The minimum absolute atomic E-state index is 0.706. The normalized spacial score (nSPS) is 10.4. The first-order valence-corrected chi connectivity index (χ1v) is 5.01. The van der Waals surface area contributed by atoms with Crippen LogP contribution in [0.1, 0.15) is 46.5 Å². The summed E-state index contributed by atoms with van der Waals surface area (Å²) in [6.07, 6.45) is 5.11. The number of allylic oxidation sites excluding steroid dienone is 1. The highest BCUT2D eigenvalue weighted by atomic mass is 15.1. The van der Waals surface area contributed by atoms with Crippen molar-refractivity contribution in [3.8, 4) is 0 Å². The first-order chi connectivity index (χ1) is 5.63. The highest BCUT2D eigenvalue weighted by molar-refractivity contribution is 4.90. The highest BCUT2D eigenvalue weighted by Gasteiger charge is 2.11. The Bertz CT molecular complexity index is 123. The molecular weight excluding hydrogens is 146 g/mol. The van der Waals surface area contributed by atoms with Crippen molar-refractivity contribution in [2.75, 3.05) is 7.05 Å². The molecule has 1 nitrogen and oxygen atoms in total. The summed E-state index contributed by atoms with van der Waals surface area (Å²) in [5.41, 5.74) is 1.18. The Morgan fingerprint density at radius 1 is 1.25 bits per heavy atom. The average Bonchev–Trinajstić information content (AvgIpc) is 2.03. The van der Waals surface area contributed by atoms with Gasteiger partial charge in [-0.05, 0) is 19.8 Å². The van der Waals surface area contributed by atoms with E-state index in [0.717, 1.165) is 0 Å². The predicted molar refractivity (Wildman–Crippen MR) is 56.2 cm³/mol. The molecule has 0 aliphatic carbocycles. The molecule has 0 aromatic rings. The van der Waals surface area contributed by atoms with E-state index in [1.165, 1.54) is 31.4 Å². The molecule has 72 valence electrons. The van der Waals surface area contributed by atoms with Crippen LogP contribution < -0.4 is 0 Å². The lowest BCUT2D eigenvalue weighted by atomic mass is 10.1. The zero-order valence-corrected chi connectivity index (χ0v) is 9.06. The lowest BCUT2D eigenvalue weighted by Crippen LogP contribution is -2.29. The van der Waals surface area contributed by atoms with Crippen molar-refractivity contribution in [1.82, 2.24) is 4.90 Å². The molecule has 0 N–H and O–H groups in total. The summed E-state index contributed by atoms with van der Waals surface area (Å²) >= 11 is 0. The molecule has 0 aliphatic rings. The Morgan fingerprint density at radius 2 is 1.67 bits per heavy atom. The molecule has 0 spiro atoms. The van der Waals surface area contributed by atoms with Gasteiger partial charge >= 0.3 is 0 Å². The molecule has 0 fully saturated rings. The maximum Gasteiger partial charge on any atom is 0.0283 e. The molecule has 0 atom stereocenters. The van der Waals surface area contributed by atoms with Gasteiger partial charge in [0, 0.05) is 18.8 Å². The minimum Gasteiger partial charge on any atom is -0.376 e. The Labute approximate surface area is 77.5 Å². The summed E-state index contributed by atoms with van der Waals surface area (Å²) < 4.78 is 0. The van der Waals surface area contributed by atoms with E-state index < -0.39 is 0 Å². The van der Waals surface area contributed by atoms with Gasteiger partial charge < -0.3 is 4.90 Å². The minimum atomic E-state index is 0.706. The second-order valence-corrected chi connectivity index (χ2v) is 3.58. The second-order valence-electron chi connectivity index (χ2n) is 3.58. The average molecular weight is 169 g/mol. The maximum absolute atomic E-state index is 3.97. The van der Waals surface area contributed by atoms with Gasteiger partial charge in [0.05, 0.1) is 0 Å². The SMILES string of the molecule is C=C(C)N(C)C(CCC)CCC. The van der Waals surface area contributed by atoms with E-state index in [1.54, 1.807) is 0 Å². The monoisotopic (exact) mass is 169 g/mol. The molecule has 0 saturated carbocycles. The van der Waals surface area contributed by atoms with Crippen LogP contribution in [0.2, 0.25) is 0 Å². The zero-order valence-electron chi connectivity index (χ0n) is 9.06. The van der Waals surface area contributed by atoms with Crippen LogP contribution in [0.4, 0.5) is 0 Å². The van der Waals surface area contributed by atoms with Crippen molar-refractivity contribution in [1.29, 1.82) is 0 Å². The van der Waals surface area contributed by atoms with E-state index in [9.17, 15) is 0 Å². The molecule has 0 amide bonds. The molecule has 12 heavy (non-hydrogen) atoms. The lowest BCUT2D eigenvalue weighted by molar-refractivity contribution is 0.270. The molecule has 0 aromatic heterocycles. The predicted octanol–water partition coefficient (Wildman–Crippen LogP) is 3.42. The van der Waals surface area contributed by atoms with Crippen molar-refractivity contribution >= 4 is 0 Å². The number of rotatable bonds is 6. The zero-order chi connectivity index (χ0) is 9.56. The van der Waals surface area contributed by atoms with Crippen LogP contribution in [0.15, 0.2) is 12.3 Å². The molecule has 0 rings (SSSR count). The molecule has 0 unspecified atom stereocenters. The van der Waals surface area contributed by atoms with Crippen LogP contribution in [0.5, 0.6) is 0 Å². The van der Waals surface area contributed by atoms with Crippen molar-refractivity contribution in [2.45, 2.75) is 52.5 Å². The first kappa shape index (κ1) is 11.5. The smallest absolute Gasteiger partial charge is 0.0283 e. The number of hydrogen-bond acceptors (Lipinski definition) is 1. The summed E-state index contributed by atoms with van der Waals surface area (Å²) in [6, 6.07) is 0.706. The number of hydrogen-bond donors (Lipinski definition) is 0. The van der Waals surface area contributed by atoms with Crippen LogP contribution in [-0.2, 0) is 0 Å². The van der Waals surface area contributed by atoms with Crippen LogP contribution >= 0.6 is 0 Å². The number of nitrogens with zero attached hydrogens (tertiary/aromatic N) is 1. The van der Waals surface area contributed by atoms with Gasteiger partial charge in [-0.3, -0.25) is 0 Å². The van der Waals surface area contributed by atoms with Gasteiger partial charge in [0.1, 0.15) is 0 Å². The molecular formula is C11H23N. The molecule has 0 aliphatic heterocycles. The highest BCUT2D eigenvalue weighted by Crippen LogP contribution is 2.14. The van der Waals surface area contributed by atoms with Gasteiger partial charge in [-0.1, -0.05) is 33.3 Å². The molecule has 0 radical (unpaired) electrons. The Morgan fingerprint density at radius 3 is 1.92 bits per heavy atom. The lowest BCUT2D eigenvalue weighted by Gasteiger charge is -2.29. The fourth-order valence-electron chi connectivity index (χ4n) is 1.51. The summed E-state index contributed by atoms with van der Waals surface area (Å²) in [5, 5.41) is 0. The third-order valence-corrected chi connectivity index (χ3v) is 2.39. The van der Waals surface area contributed by atoms with Gasteiger partial charge in [0.2, 0.25) is 0 Å².